The number of nitrogens with zero attached hydrogens (tertiary/aromatic N) is 1. The molecule has 0 aliphatic carbocycles. The highest BCUT2D eigenvalue weighted by Gasteiger charge is 2.30. The van der Waals surface area contributed by atoms with Gasteiger partial charge in [-0.3, -0.25) is 4.79 Å². The first-order valence-electron chi connectivity index (χ1n) is 8.87. The van der Waals surface area contributed by atoms with Crippen LogP contribution in [0, 0.1) is 12.8 Å². The molecule has 1 aliphatic heterocycles. The number of aryl methyl sites for hydroxylation is 1. The van der Waals surface area contributed by atoms with Gasteiger partial charge in [-0.15, -0.1) is 0 Å². The molecule has 0 spiro atoms. The minimum atomic E-state index is -3.24. The Morgan fingerprint density at radius 2 is 1.92 bits per heavy atom. The number of carbonyl (C=O) groups is 2. The number of amides is 1. The summed E-state index contributed by atoms with van der Waals surface area (Å²) in [5, 5.41) is 11.9. The van der Waals surface area contributed by atoms with Crippen LogP contribution in [0.5, 0.6) is 0 Å². The summed E-state index contributed by atoms with van der Waals surface area (Å²) in [5.74, 6) is -1.36. The Labute approximate surface area is 154 Å². The van der Waals surface area contributed by atoms with Gasteiger partial charge >= 0.3 is 5.97 Å². The number of nitrogens with one attached hydrogen (secondary N) is 1. The van der Waals surface area contributed by atoms with Gasteiger partial charge in [0.25, 0.3) is 0 Å². The van der Waals surface area contributed by atoms with E-state index in [9.17, 15) is 18.0 Å². The van der Waals surface area contributed by atoms with Gasteiger partial charge in [-0.1, -0.05) is 19.4 Å². The van der Waals surface area contributed by atoms with E-state index in [-0.39, 0.29) is 23.1 Å². The summed E-state index contributed by atoms with van der Waals surface area (Å²) in [7, 11) is -3.24. The Morgan fingerprint density at radius 3 is 2.50 bits per heavy atom. The molecule has 1 saturated heterocycles. The maximum atomic E-state index is 12.4. The second kappa shape index (κ2) is 8.64. The third-order valence-corrected chi connectivity index (χ3v) is 6.67. The van der Waals surface area contributed by atoms with E-state index in [2.05, 4.69) is 5.32 Å². The third-order valence-electron chi connectivity index (χ3n) is 4.71. The van der Waals surface area contributed by atoms with Crippen molar-refractivity contribution in [1.29, 1.82) is 0 Å². The summed E-state index contributed by atoms with van der Waals surface area (Å²) in [5.41, 5.74) is 1.22. The third kappa shape index (κ3) is 5.04. The van der Waals surface area contributed by atoms with E-state index in [0.29, 0.717) is 43.6 Å². The number of anilines is 1. The van der Waals surface area contributed by atoms with Crippen LogP contribution in [0.4, 0.5) is 5.69 Å². The van der Waals surface area contributed by atoms with E-state index in [4.69, 9.17) is 5.11 Å². The zero-order chi connectivity index (χ0) is 19.3. The fraction of sp³-hybridized carbons (Fsp3) is 0.556. The van der Waals surface area contributed by atoms with E-state index in [0.717, 1.165) is 6.42 Å². The van der Waals surface area contributed by atoms with Gasteiger partial charge in [0.15, 0.2) is 0 Å². The van der Waals surface area contributed by atoms with Crippen LogP contribution in [0.3, 0.4) is 0 Å². The Kier molecular flexibility index (Phi) is 6.77. The highest BCUT2D eigenvalue weighted by molar-refractivity contribution is 7.89. The summed E-state index contributed by atoms with van der Waals surface area (Å²) in [6, 6.07) is 4.77. The van der Waals surface area contributed by atoms with Gasteiger partial charge in [-0.2, -0.15) is 0 Å². The Hall–Kier alpha value is -1.93. The topological polar surface area (TPSA) is 104 Å². The van der Waals surface area contributed by atoms with Crippen molar-refractivity contribution >= 4 is 27.6 Å². The zero-order valence-corrected chi connectivity index (χ0v) is 16.0. The molecule has 0 radical (unpaired) electrons. The zero-order valence-electron chi connectivity index (χ0n) is 15.2. The van der Waals surface area contributed by atoms with Crippen LogP contribution < -0.4 is 5.32 Å². The minimum Gasteiger partial charge on any atom is -0.478 e. The van der Waals surface area contributed by atoms with Crippen LogP contribution in [0.2, 0.25) is 0 Å². The predicted octanol–water partition coefficient (Wildman–Crippen LogP) is 2.47. The van der Waals surface area contributed by atoms with Gasteiger partial charge in [-0.05, 0) is 43.9 Å². The number of hydrogen-bond acceptors (Lipinski definition) is 4. The molecule has 1 aromatic carbocycles. The van der Waals surface area contributed by atoms with Crippen LogP contribution in [-0.4, -0.2) is 48.5 Å². The first-order chi connectivity index (χ1) is 12.2. The first-order valence-corrected chi connectivity index (χ1v) is 10.5. The Balaban J connectivity index is 1.95. The summed E-state index contributed by atoms with van der Waals surface area (Å²) in [4.78, 5) is 23.6. The molecule has 1 heterocycles. The molecule has 1 fully saturated rings. The lowest BCUT2D eigenvalue weighted by Crippen LogP contribution is -2.42. The molecule has 0 unspecified atom stereocenters. The second-order valence-corrected chi connectivity index (χ2v) is 8.76. The molecule has 0 saturated carbocycles. The quantitative estimate of drug-likeness (QED) is 0.754. The van der Waals surface area contributed by atoms with E-state index in [1.54, 1.807) is 19.1 Å². The average molecular weight is 382 g/mol. The number of rotatable bonds is 7. The van der Waals surface area contributed by atoms with Crippen molar-refractivity contribution in [2.75, 3.05) is 24.2 Å². The lowest BCUT2D eigenvalue weighted by Gasteiger charge is -2.30. The van der Waals surface area contributed by atoms with Crippen molar-refractivity contribution in [3.8, 4) is 0 Å². The summed E-state index contributed by atoms with van der Waals surface area (Å²) in [6.45, 7) is 4.34. The number of carboxylic acid groups (broad SMARTS) is 1. The summed E-state index contributed by atoms with van der Waals surface area (Å²) in [6.07, 6.45) is 2.40. The number of carboxylic acids is 1. The molecule has 1 amide bonds. The maximum absolute atomic E-state index is 12.4. The van der Waals surface area contributed by atoms with E-state index in [1.165, 1.54) is 10.4 Å². The van der Waals surface area contributed by atoms with Crippen LogP contribution in [0.1, 0.15) is 48.5 Å². The van der Waals surface area contributed by atoms with Crippen molar-refractivity contribution < 1.29 is 23.1 Å². The number of sulfonamides is 1. The van der Waals surface area contributed by atoms with Crippen LogP contribution in [-0.2, 0) is 14.8 Å². The number of carbonyl (C=O) groups excluding carboxylic acids is 1. The number of hydrogen-bond donors (Lipinski definition) is 2. The largest absolute Gasteiger partial charge is 0.478 e. The fourth-order valence-electron chi connectivity index (χ4n) is 3.03. The fourth-order valence-corrected chi connectivity index (χ4v) is 4.71. The Bertz CT molecular complexity index is 768. The van der Waals surface area contributed by atoms with Gasteiger partial charge in [0, 0.05) is 24.7 Å². The molecule has 144 valence electrons. The monoisotopic (exact) mass is 382 g/mol. The second-order valence-electron chi connectivity index (χ2n) is 6.67. The molecule has 26 heavy (non-hydrogen) atoms. The van der Waals surface area contributed by atoms with Crippen molar-refractivity contribution in [3.63, 3.8) is 0 Å². The minimum absolute atomic E-state index is 0.152. The highest BCUT2D eigenvalue weighted by Crippen LogP contribution is 2.23. The lowest BCUT2D eigenvalue weighted by atomic mass is 9.97. The van der Waals surface area contributed by atoms with Gasteiger partial charge in [0.2, 0.25) is 15.9 Å². The van der Waals surface area contributed by atoms with Crippen LogP contribution in [0.15, 0.2) is 18.2 Å². The molecule has 1 aromatic rings. The number of benzene rings is 1. The van der Waals surface area contributed by atoms with E-state index < -0.39 is 16.0 Å². The molecule has 2 N–H and O–H groups in total. The molecule has 1 aliphatic rings. The molecule has 0 bridgehead atoms. The van der Waals surface area contributed by atoms with Crippen LogP contribution >= 0.6 is 0 Å². The van der Waals surface area contributed by atoms with Crippen LogP contribution in [0.25, 0.3) is 0 Å². The van der Waals surface area contributed by atoms with Gasteiger partial charge < -0.3 is 10.4 Å². The average Bonchev–Trinajstić information content (AvgIpc) is 2.61. The smallest absolute Gasteiger partial charge is 0.336 e. The molecular formula is C18H26N2O5S. The predicted molar refractivity (Wildman–Crippen MR) is 99.8 cm³/mol. The number of unbranched alkanes of at least 4 members (excludes halogenated alkanes) is 1. The summed E-state index contributed by atoms with van der Waals surface area (Å²) < 4.78 is 25.9. The molecular weight excluding hydrogens is 356 g/mol. The molecule has 8 heteroatoms. The molecule has 0 aromatic heterocycles. The SMILES string of the molecule is CCCCS(=O)(=O)N1CCC(C(=O)Nc2ccc(C)c(C(=O)O)c2)CC1. The van der Waals surface area contributed by atoms with Crippen molar-refractivity contribution in [3.05, 3.63) is 29.3 Å². The Morgan fingerprint density at radius 1 is 1.27 bits per heavy atom. The number of aromatic carboxylic acids is 1. The van der Waals surface area contributed by atoms with Gasteiger partial charge in [0.05, 0.1) is 11.3 Å². The van der Waals surface area contributed by atoms with Gasteiger partial charge in [0.1, 0.15) is 0 Å². The summed E-state index contributed by atoms with van der Waals surface area (Å²) >= 11 is 0. The van der Waals surface area contributed by atoms with E-state index in [1.807, 2.05) is 6.92 Å². The normalized spacial score (nSPS) is 16.4. The lowest BCUT2D eigenvalue weighted by molar-refractivity contribution is -0.120. The standard InChI is InChI=1S/C18H26N2O5S/c1-3-4-11-26(24,25)20-9-7-14(8-10-20)17(21)19-15-6-5-13(2)16(12-15)18(22)23/h5-6,12,14H,3-4,7-11H2,1-2H3,(H,19,21)(H,22,23). The number of piperidine rings is 1. The van der Waals surface area contributed by atoms with E-state index >= 15 is 0 Å². The molecule has 0 atom stereocenters. The van der Waals surface area contributed by atoms with Crippen molar-refractivity contribution in [2.45, 2.75) is 39.5 Å². The maximum Gasteiger partial charge on any atom is 0.336 e. The molecule has 2 rings (SSSR count). The molecule has 7 nitrogen and oxygen atoms in total. The first kappa shape index (κ1) is 20.4. The highest BCUT2D eigenvalue weighted by atomic mass is 32.2. The van der Waals surface area contributed by atoms with Crippen molar-refractivity contribution in [1.82, 2.24) is 4.31 Å². The van der Waals surface area contributed by atoms with Crippen molar-refractivity contribution in [2.24, 2.45) is 5.92 Å². The van der Waals surface area contributed by atoms with Gasteiger partial charge in [-0.25, -0.2) is 17.5 Å².